The molecule has 0 bridgehead atoms. The Morgan fingerprint density at radius 1 is 1.83 bits per heavy atom. The summed E-state index contributed by atoms with van der Waals surface area (Å²) in [4.78, 5) is 0. The first kappa shape index (κ1) is 5.61. The van der Waals surface area contributed by atoms with Crippen LogP contribution in [0.25, 0.3) is 0 Å². The lowest BCUT2D eigenvalue weighted by molar-refractivity contribution is 1.75. The predicted molar refractivity (Wildman–Crippen MR) is 32.8 cm³/mol. The SMILES string of the molecule is C=C=[SiH]CC=C. The molecule has 0 spiro atoms. The normalized spacial score (nSPS) is 6.00. The van der Waals surface area contributed by atoms with Crippen LogP contribution >= 0.6 is 0 Å². The van der Waals surface area contributed by atoms with Gasteiger partial charge in [0.05, 0.1) is 9.13 Å². The molecule has 0 nitrogen and oxygen atoms in total. The minimum atomic E-state index is 0.339. The van der Waals surface area contributed by atoms with Crippen molar-refractivity contribution in [1.82, 2.24) is 0 Å². The summed E-state index contributed by atoms with van der Waals surface area (Å²) in [6, 6.07) is 1.09. The number of rotatable bonds is 2. The van der Waals surface area contributed by atoms with E-state index in [0.717, 1.165) is 6.04 Å². The van der Waals surface area contributed by atoms with Crippen LogP contribution in [0.5, 0.6) is 0 Å². The Hall–Kier alpha value is -0.393. The van der Waals surface area contributed by atoms with E-state index in [1.54, 1.807) is 0 Å². The second kappa shape index (κ2) is 4.61. The van der Waals surface area contributed by atoms with E-state index in [4.69, 9.17) is 0 Å². The van der Waals surface area contributed by atoms with Crippen molar-refractivity contribution >= 4 is 14.5 Å². The Morgan fingerprint density at radius 3 is 2.67 bits per heavy atom. The number of hydrogen-bond acceptors (Lipinski definition) is 0. The van der Waals surface area contributed by atoms with Crippen molar-refractivity contribution in [3.05, 3.63) is 19.2 Å². The van der Waals surface area contributed by atoms with Crippen molar-refractivity contribution in [2.24, 2.45) is 0 Å². The van der Waals surface area contributed by atoms with Gasteiger partial charge >= 0.3 is 0 Å². The van der Waals surface area contributed by atoms with Crippen molar-refractivity contribution in [2.45, 2.75) is 6.04 Å². The highest BCUT2D eigenvalue weighted by molar-refractivity contribution is 6.44. The van der Waals surface area contributed by atoms with Crippen molar-refractivity contribution in [3.63, 3.8) is 0 Å². The minimum absolute atomic E-state index is 0.339. The third-order valence-corrected chi connectivity index (χ3v) is 1.29. The summed E-state index contributed by atoms with van der Waals surface area (Å²) in [5.41, 5.74) is 0. The summed E-state index contributed by atoms with van der Waals surface area (Å²) in [7, 11) is 0.339. The molecule has 0 heterocycles. The molecule has 0 radical (unpaired) electrons. The molecule has 0 atom stereocenters. The number of allylic oxidation sites excluding steroid dienone is 1. The van der Waals surface area contributed by atoms with Gasteiger partial charge in [0.25, 0.3) is 0 Å². The van der Waals surface area contributed by atoms with Gasteiger partial charge in [-0.1, -0.05) is 12.7 Å². The van der Waals surface area contributed by atoms with E-state index in [2.05, 4.69) is 18.5 Å². The van der Waals surface area contributed by atoms with E-state index in [1.807, 2.05) is 6.08 Å². The fraction of sp³-hybridized carbons (Fsp3) is 0.200. The van der Waals surface area contributed by atoms with Gasteiger partial charge in [-0.25, -0.2) is 0 Å². The van der Waals surface area contributed by atoms with Crippen LogP contribution in [0.1, 0.15) is 0 Å². The first-order valence-electron chi connectivity index (χ1n) is 1.87. The third kappa shape index (κ3) is 3.61. The van der Waals surface area contributed by atoms with Crippen LogP contribution in [0.4, 0.5) is 0 Å². The molecule has 0 aliphatic heterocycles. The van der Waals surface area contributed by atoms with Crippen LogP contribution < -0.4 is 0 Å². The highest BCUT2D eigenvalue weighted by atomic mass is 28.2. The molecule has 0 saturated carbocycles. The van der Waals surface area contributed by atoms with E-state index >= 15 is 0 Å². The molecule has 0 aromatic carbocycles. The Balaban J connectivity index is 3.07. The molecule has 6 heavy (non-hydrogen) atoms. The van der Waals surface area contributed by atoms with Crippen LogP contribution in [0.15, 0.2) is 19.2 Å². The Bertz CT molecular complexity index is 77.9. The average Bonchev–Trinajstić information content (AvgIpc) is 1.61. The van der Waals surface area contributed by atoms with Crippen LogP contribution in [0.3, 0.4) is 0 Å². The quantitative estimate of drug-likeness (QED) is 0.349. The zero-order chi connectivity index (χ0) is 4.83. The van der Waals surface area contributed by atoms with Gasteiger partial charge in [-0.15, -0.1) is 6.58 Å². The molecule has 1 heteroatoms. The van der Waals surface area contributed by atoms with E-state index < -0.39 is 0 Å². The van der Waals surface area contributed by atoms with Gasteiger partial charge in [0.2, 0.25) is 0 Å². The molecule has 0 saturated heterocycles. The zero-order valence-corrected chi connectivity index (χ0v) is 4.93. The van der Waals surface area contributed by atoms with Crippen LogP contribution in [-0.4, -0.2) is 14.5 Å². The molecule has 0 aliphatic carbocycles. The van der Waals surface area contributed by atoms with E-state index in [9.17, 15) is 0 Å². The fourth-order valence-electron chi connectivity index (χ4n) is 0.167. The first-order valence-corrected chi connectivity index (χ1v) is 3.26. The topological polar surface area (TPSA) is 0 Å². The highest BCUT2D eigenvalue weighted by Gasteiger charge is 1.57. The average molecular weight is 96.2 g/mol. The summed E-state index contributed by atoms with van der Waals surface area (Å²) in [6.07, 6.45) is 1.90. The zero-order valence-electron chi connectivity index (χ0n) is 3.78. The largest absolute Gasteiger partial charge is 0.168 e. The maximum Gasteiger partial charge on any atom is 0.0529 e. The monoisotopic (exact) mass is 96.0 g/mol. The smallest absolute Gasteiger partial charge is 0.0529 e. The number of hydrogen-bond donors (Lipinski definition) is 0. The summed E-state index contributed by atoms with van der Waals surface area (Å²) in [6.45, 7) is 7.01. The lowest BCUT2D eigenvalue weighted by atomic mass is 10.8. The maximum atomic E-state index is 3.55. The predicted octanol–water partition coefficient (Wildman–Crippen LogP) is 0.614. The summed E-state index contributed by atoms with van der Waals surface area (Å²) < 4.78 is 0. The molecule has 0 aromatic rings. The van der Waals surface area contributed by atoms with Crippen molar-refractivity contribution in [3.8, 4) is 0 Å². The highest BCUT2D eigenvalue weighted by Crippen LogP contribution is 1.66. The van der Waals surface area contributed by atoms with Crippen molar-refractivity contribution in [1.29, 1.82) is 0 Å². The molecule has 32 valence electrons. The Labute approximate surface area is 40.6 Å². The van der Waals surface area contributed by atoms with Gasteiger partial charge in [0.1, 0.15) is 0 Å². The molecular weight excluding hydrogens is 88.1 g/mol. The summed E-state index contributed by atoms with van der Waals surface area (Å²) in [5, 5.41) is 2.83. The minimum Gasteiger partial charge on any atom is -0.168 e. The van der Waals surface area contributed by atoms with Gasteiger partial charge in [-0.05, 0) is 6.04 Å². The van der Waals surface area contributed by atoms with Crippen LogP contribution in [0.2, 0.25) is 6.04 Å². The molecule has 0 amide bonds. The Kier molecular flexibility index (Phi) is 4.31. The van der Waals surface area contributed by atoms with Gasteiger partial charge < -0.3 is 0 Å². The van der Waals surface area contributed by atoms with Crippen LogP contribution in [-0.2, 0) is 0 Å². The Morgan fingerprint density at radius 2 is 2.50 bits per heavy atom. The van der Waals surface area contributed by atoms with Gasteiger partial charge in [-0.3, -0.25) is 0 Å². The lowest BCUT2D eigenvalue weighted by Crippen LogP contribution is -1.65. The lowest BCUT2D eigenvalue weighted by Gasteiger charge is -1.64. The van der Waals surface area contributed by atoms with E-state index in [-0.39, 0.29) is 0 Å². The third-order valence-electron chi connectivity index (χ3n) is 0.429. The molecular formula is C5H8Si. The van der Waals surface area contributed by atoms with Crippen molar-refractivity contribution in [2.75, 3.05) is 0 Å². The first-order chi connectivity index (χ1) is 2.91. The standard InChI is InChI=1S/C5H8Si/c1-3-5-6-4-2/h3,6H,1-2,5H2. The molecule has 0 aliphatic rings. The summed E-state index contributed by atoms with van der Waals surface area (Å²) >= 11 is 0. The maximum absolute atomic E-state index is 3.55. The molecule has 0 aromatic heterocycles. The second-order valence-electron chi connectivity index (χ2n) is 0.933. The van der Waals surface area contributed by atoms with Gasteiger partial charge in [0, 0.05) is 0 Å². The molecule has 0 rings (SSSR count). The second-order valence-corrected chi connectivity index (χ2v) is 2.22. The van der Waals surface area contributed by atoms with Crippen molar-refractivity contribution < 1.29 is 0 Å². The molecule has 0 N–H and O–H groups in total. The van der Waals surface area contributed by atoms with Gasteiger partial charge in [0.15, 0.2) is 0 Å². The van der Waals surface area contributed by atoms with Gasteiger partial charge in [-0.2, -0.15) is 5.33 Å². The van der Waals surface area contributed by atoms with Crippen LogP contribution in [0, 0.1) is 0 Å². The fourth-order valence-corrected chi connectivity index (χ4v) is 0.500. The van der Waals surface area contributed by atoms with E-state index in [0.29, 0.717) is 9.13 Å². The van der Waals surface area contributed by atoms with E-state index in [1.165, 1.54) is 0 Å². The molecule has 0 fully saturated rings. The summed E-state index contributed by atoms with van der Waals surface area (Å²) in [5.74, 6) is 0. The molecule has 0 unspecified atom stereocenters.